The first-order valence-corrected chi connectivity index (χ1v) is 19.9. The Hall–Kier alpha value is -3.36. The molecule has 2 aliphatic rings. The Morgan fingerprint density at radius 1 is 1.10 bits per heavy atom. The first-order valence-electron chi connectivity index (χ1n) is 17.2. The van der Waals surface area contributed by atoms with E-state index >= 15 is 0 Å². The van der Waals surface area contributed by atoms with E-state index in [4.69, 9.17) is 0 Å². The van der Waals surface area contributed by atoms with Gasteiger partial charge in [0.05, 0.1) is 11.8 Å². The molecule has 0 saturated carbocycles. The van der Waals surface area contributed by atoms with E-state index in [9.17, 15) is 31.2 Å². The Balaban J connectivity index is 1.08. The Morgan fingerprint density at radius 2 is 1.80 bits per heavy atom. The lowest BCUT2D eigenvalue weighted by Crippen LogP contribution is -2.60. The van der Waals surface area contributed by atoms with Crippen LogP contribution in [0.1, 0.15) is 55.3 Å². The summed E-state index contributed by atoms with van der Waals surface area (Å²) < 4.78 is 78.0. The standard InChI is InChI=1S/C35H44F4N8O2S2/c1-22(45-15-23(2)47(24(3)16-45)21-51(48,49)19-36)17-46-28(14-40)11-30-25(4)26(5-6-32(30)46)18-44-9-7-27(8-10-44)43-33-31-12-29(13-35(37,38)39)50-34(31)42-20-41-33/h5-6,11-12,20,22-24,27H,7-10,13,15-19,21H2,1-4H3,(H,41,42,43)/t22?,23-,24-/m1/s1. The number of fused-ring (bicyclic) bond motifs is 2. The van der Waals surface area contributed by atoms with Crippen LogP contribution in [0.25, 0.3) is 21.1 Å². The second-order valence-corrected chi connectivity index (χ2v) is 17.3. The van der Waals surface area contributed by atoms with Gasteiger partial charge in [0.25, 0.3) is 0 Å². The van der Waals surface area contributed by atoms with Crippen molar-refractivity contribution in [1.82, 2.24) is 29.2 Å². The number of halogens is 4. The number of aryl methyl sites for hydroxylation is 1. The van der Waals surface area contributed by atoms with Gasteiger partial charge >= 0.3 is 6.18 Å². The van der Waals surface area contributed by atoms with Crippen LogP contribution in [0.3, 0.4) is 0 Å². The van der Waals surface area contributed by atoms with Gasteiger partial charge in [0.1, 0.15) is 34.6 Å². The molecule has 1 N–H and O–H groups in total. The van der Waals surface area contributed by atoms with Gasteiger partial charge < -0.3 is 9.88 Å². The number of sulfone groups is 1. The Kier molecular flexibility index (Phi) is 11.0. The molecule has 2 aliphatic heterocycles. The van der Waals surface area contributed by atoms with Crippen LogP contribution in [-0.4, -0.2) is 106 Å². The number of nitrogens with zero attached hydrogens (tertiary/aromatic N) is 7. The summed E-state index contributed by atoms with van der Waals surface area (Å²) >= 11 is 1.05. The highest BCUT2D eigenvalue weighted by atomic mass is 32.2. The Bertz CT molecular complexity index is 2010. The van der Waals surface area contributed by atoms with Gasteiger partial charge in [-0.1, -0.05) is 6.07 Å². The number of thiophene rings is 1. The molecule has 5 heterocycles. The summed E-state index contributed by atoms with van der Waals surface area (Å²) in [5.74, 6) is 0.289. The minimum atomic E-state index is -4.27. The molecule has 6 rings (SSSR count). The fourth-order valence-electron chi connectivity index (χ4n) is 7.61. The molecule has 1 aromatic carbocycles. The molecule has 1 unspecified atom stereocenters. The van der Waals surface area contributed by atoms with Crippen LogP contribution in [0, 0.1) is 18.3 Å². The zero-order valence-electron chi connectivity index (χ0n) is 29.2. The number of benzene rings is 1. The van der Waals surface area contributed by atoms with Crippen molar-refractivity contribution < 1.29 is 26.0 Å². The van der Waals surface area contributed by atoms with Crippen LogP contribution >= 0.6 is 11.3 Å². The van der Waals surface area contributed by atoms with Crippen molar-refractivity contribution in [3.8, 4) is 6.07 Å². The van der Waals surface area contributed by atoms with E-state index in [-0.39, 0.29) is 34.9 Å². The highest BCUT2D eigenvalue weighted by Gasteiger charge is 2.35. The average Bonchev–Trinajstić information content (AvgIpc) is 3.65. The number of aromatic nitrogens is 3. The number of piperidine rings is 1. The number of piperazine rings is 1. The van der Waals surface area contributed by atoms with E-state index in [0.29, 0.717) is 41.4 Å². The lowest BCUT2D eigenvalue weighted by Gasteiger charge is -2.46. The highest BCUT2D eigenvalue weighted by Crippen LogP contribution is 2.34. The molecule has 0 spiro atoms. The van der Waals surface area contributed by atoms with Crippen molar-refractivity contribution in [2.75, 3.05) is 43.4 Å². The fourth-order valence-corrected chi connectivity index (χ4v) is 9.67. The monoisotopic (exact) mass is 748 g/mol. The van der Waals surface area contributed by atoms with E-state index in [0.717, 1.165) is 60.3 Å². The van der Waals surface area contributed by atoms with Crippen molar-refractivity contribution in [3.05, 3.63) is 52.3 Å². The van der Waals surface area contributed by atoms with Gasteiger partial charge in [-0.3, -0.25) is 14.7 Å². The summed E-state index contributed by atoms with van der Waals surface area (Å²) in [5, 5.41) is 15.2. The second kappa shape index (κ2) is 14.9. The van der Waals surface area contributed by atoms with E-state index in [1.165, 1.54) is 11.9 Å². The van der Waals surface area contributed by atoms with Gasteiger partial charge in [0.15, 0.2) is 15.8 Å². The lowest BCUT2D eigenvalue weighted by molar-refractivity contribution is -0.126. The number of nitrogens with one attached hydrogen (secondary N) is 1. The third kappa shape index (κ3) is 8.49. The molecule has 276 valence electrons. The summed E-state index contributed by atoms with van der Waals surface area (Å²) in [6.07, 6.45) is -2.14. The van der Waals surface area contributed by atoms with Gasteiger partial charge in [0.2, 0.25) is 0 Å². The zero-order valence-corrected chi connectivity index (χ0v) is 30.9. The normalized spacial score (nSPS) is 21.0. The third-order valence-electron chi connectivity index (χ3n) is 10.4. The number of alkyl halides is 4. The first-order chi connectivity index (χ1) is 24.1. The topological polar surface area (TPSA) is 110 Å². The second-order valence-electron chi connectivity index (χ2n) is 14.2. The largest absolute Gasteiger partial charge is 0.393 e. The summed E-state index contributed by atoms with van der Waals surface area (Å²) in [5.41, 5.74) is 3.92. The molecular formula is C35H44F4N8O2S2. The number of rotatable bonds is 11. The molecular weight excluding hydrogens is 705 g/mol. The van der Waals surface area contributed by atoms with Crippen LogP contribution in [0.4, 0.5) is 23.4 Å². The van der Waals surface area contributed by atoms with Gasteiger partial charge in [-0.25, -0.2) is 22.8 Å². The van der Waals surface area contributed by atoms with E-state index in [2.05, 4.69) is 61.7 Å². The molecule has 10 nitrogen and oxygen atoms in total. The maximum Gasteiger partial charge on any atom is 0.393 e. The molecule has 0 amide bonds. The summed E-state index contributed by atoms with van der Waals surface area (Å²) in [4.78, 5) is 15.9. The van der Waals surface area contributed by atoms with Gasteiger partial charge in [-0.2, -0.15) is 18.4 Å². The van der Waals surface area contributed by atoms with Crippen molar-refractivity contribution in [2.45, 2.75) is 90.4 Å². The molecule has 3 atom stereocenters. The molecule has 3 aromatic heterocycles. The summed E-state index contributed by atoms with van der Waals surface area (Å²) in [6.45, 7) is 12.5. The lowest BCUT2D eigenvalue weighted by atomic mass is 10.0. The molecule has 0 bridgehead atoms. The quantitative estimate of drug-likeness (QED) is 0.182. The number of anilines is 1. The maximum absolute atomic E-state index is 13.0. The van der Waals surface area contributed by atoms with Crippen molar-refractivity contribution in [2.24, 2.45) is 0 Å². The summed E-state index contributed by atoms with van der Waals surface area (Å²) in [7, 11) is -3.78. The smallest absolute Gasteiger partial charge is 0.367 e. The minimum Gasteiger partial charge on any atom is -0.367 e. The van der Waals surface area contributed by atoms with Crippen molar-refractivity contribution in [1.29, 1.82) is 5.26 Å². The minimum absolute atomic E-state index is 0.0656. The molecule has 0 radical (unpaired) electrons. The molecule has 16 heteroatoms. The average molecular weight is 749 g/mol. The summed E-state index contributed by atoms with van der Waals surface area (Å²) in [6, 6.07) is 8.87. The number of hydrogen-bond acceptors (Lipinski definition) is 10. The number of nitriles is 1. The van der Waals surface area contributed by atoms with Crippen LogP contribution < -0.4 is 5.32 Å². The first kappa shape index (κ1) is 37.4. The predicted molar refractivity (Wildman–Crippen MR) is 192 cm³/mol. The highest BCUT2D eigenvalue weighted by molar-refractivity contribution is 7.91. The van der Waals surface area contributed by atoms with Gasteiger partial charge in [-0.15, -0.1) is 11.3 Å². The van der Waals surface area contributed by atoms with Gasteiger partial charge in [-0.05, 0) is 69.9 Å². The van der Waals surface area contributed by atoms with E-state index < -0.39 is 28.4 Å². The van der Waals surface area contributed by atoms with Crippen molar-refractivity contribution >= 4 is 48.1 Å². The number of likely N-dealkylation sites (tertiary alicyclic amines) is 1. The molecule has 4 aromatic rings. The Labute approximate surface area is 300 Å². The van der Waals surface area contributed by atoms with E-state index in [1.54, 1.807) is 6.07 Å². The van der Waals surface area contributed by atoms with Crippen LogP contribution in [0.15, 0.2) is 30.6 Å². The molecule has 2 saturated heterocycles. The Morgan fingerprint density at radius 3 is 2.45 bits per heavy atom. The van der Waals surface area contributed by atoms with E-state index in [1.807, 2.05) is 24.8 Å². The zero-order chi connectivity index (χ0) is 36.7. The molecule has 2 fully saturated rings. The fraction of sp³-hybridized carbons (Fsp3) is 0.571. The molecule has 51 heavy (non-hydrogen) atoms. The van der Waals surface area contributed by atoms with Gasteiger partial charge in [0, 0.05) is 79.2 Å². The van der Waals surface area contributed by atoms with Crippen LogP contribution in [-0.2, 0) is 29.3 Å². The number of hydrogen-bond donors (Lipinski definition) is 1. The van der Waals surface area contributed by atoms with Crippen LogP contribution in [0.5, 0.6) is 0 Å². The predicted octanol–water partition coefficient (Wildman–Crippen LogP) is 6.09. The molecule has 0 aliphatic carbocycles. The SMILES string of the molecule is Cc1c(CN2CCC(Nc3ncnc4sc(CC(F)(F)F)cc34)CC2)ccc2c1cc(C#N)n2CC(C)N1C[C@@H](C)N(CS(=O)(=O)CF)[C@H](C)C1. The van der Waals surface area contributed by atoms with Crippen molar-refractivity contribution in [3.63, 3.8) is 0 Å². The van der Waals surface area contributed by atoms with Crippen LogP contribution in [0.2, 0.25) is 0 Å². The third-order valence-corrected chi connectivity index (χ3v) is 12.4. The maximum atomic E-state index is 13.0.